The molecule has 4 nitrogen and oxygen atoms in total. The average Bonchev–Trinajstić information content (AvgIpc) is 2.33. The molecular formula is C11H8F4N2O2. The van der Waals surface area contributed by atoms with Crippen LogP contribution < -0.4 is 10.2 Å². The molecule has 1 aliphatic heterocycles. The number of carbonyl (C=O) groups excluding carboxylic acids is 2. The molecule has 19 heavy (non-hydrogen) atoms. The van der Waals surface area contributed by atoms with Gasteiger partial charge < -0.3 is 5.32 Å². The van der Waals surface area contributed by atoms with Crippen molar-refractivity contribution in [3.8, 4) is 0 Å². The van der Waals surface area contributed by atoms with Gasteiger partial charge in [0.15, 0.2) is 23.3 Å². The quantitative estimate of drug-likeness (QED) is 0.616. The monoisotopic (exact) mass is 276 g/mol. The molecule has 0 aliphatic carbocycles. The van der Waals surface area contributed by atoms with E-state index in [1.165, 1.54) is 6.92 Å². The van der Waals surface area contributed by atoms with E-state index in [1.807, 2.05) is 0 Å². The van der Waals surface area contributed by atoms with Crippen molar-refractivity contribution in [2.45, 2.75) is 13.0 Å². The molecule has 8 heteroatoms. The summed E-state index contributed by atoms with van der Waals surface area (Å²) in [4.78, 5) is 23.4. The Balaban J connectivity index is 2.57. The lowest BCUT2D eigenvalue weighted by molar-refractivity contribution is -0.130. The predicted molar refractivity (Wildman–Crippen MR) is 56.2 cm³/mol. The number of nitrogens with zero attached hydrogens (tertiary/aromatic N) is 1. The highest BCUT2D eigenvalue weighted by molar-refractivity contribution is 6.06. The van der Waals surface area contributed by atoms with Crippen LogP contribution in [0.4, 0.5) is 23.2 Å². The van der Waals surface area contributed by atoms with Crippen LogP contribution in [0.15, 0.2) is 6.07 Å². The van der Waals surface area contributed by atoms with Gasteiger partial charge in [0.25, 0.3) is 0 Å². The Hall–Kier alpha value is -2.12. The van der Waals surface area contributed by atoms with E-state index in [9.17, 15) is 27.2 Å². The van der Waals surface area contributed by atoms with Gasteiger partial charge in [0.1, 0.15) is 18.3 Å². The first-order valence-electron chi connectivity index (χ1n) is 5.26. The summed E-state index contributed by atoms with van der Waals surface area (Å²) in [6, 6.07) is -1.00. The zero-order valence-corrected chi connectivity index (χ0v) is 9.64. The van der Waals surface area contributed by atoms with Crippen molar-refractivity contribution >= 4 is 17.5 Å². The highest BCUT2D eigenvalue weighted by Gasteiger charge is 2.35. The van der Waals surface area contributed by atoms with Gasteiger partial charge in [-0.3, -0.25) is 14.5 Å². The molecule has 2 amide bonds. The lowest BCUT2D eigenvalue weighted by atomic mass is 10.1. The van der Waals surface area contributed by atoms with Crippen molar-refractivity contribution in [3.05, 3.63) is 29.3 Å². The second-order valence-corrected chi connectivity index (χ2v) is 4.03. The number of benzene rings is 1. The summed E-state index contributed by atoms with van der Waals surface area (Å²) in [5.74, 6) is -8.25. The molecule has 0 bridgehead atoms. The molecular weight excluding hydrogens is 268 g/mol. The number of amides is 2. The van der Waals surface area contributed by atoms with Gasteiger partial charge in [-0.1, -0.05) is 0 Å². The number of rotatable bonds is 1. The third kappa shape index (κ3) is 2.13. The normalized spacial score (nSPS) is 19.6. The van der Waals surface area contributed by atoms with Gasteiger partial charge in [0, 0.05) is 6.07 Å². The molecule has 0 aromatic heterocycles. The average molecular weight is 276 g/mol. The first-order valence-corrected chi connectivity index (χ1v) is 5.26. The fourth-order valence-corrected chi connectivity index (χ4v) is 1.79. The number of piperazine rings is 1. The Morgan fingerprint density at radius 2 is 1.68 bits per heavy atom. The summed E-state index contributed by atoms with van der Waals surface area (Å²) in [6.45, 7) is 0.581. The summed E-state index contributed by atoms with van der Waals surface area (Å²) >= 11 is 0. The summed E-state index contributed by atoms with van der Waals surface area (Å²) < 4.78 is 53.2. The van der Waals surface area contributed by atoms with Gasteiger partial charge in [0.05, 0.1) is 0 Å². The smallest absolute Gasteiger partial charge is 0.249 e. The van der Waals surface area contributed by atoms with Crippen LogP contribution in [0.1, 0.15) is 6.92 Å². The lowest BCUT2D eigenvalue weighted by Crippen LogP contribution is -2.57. The van der Waals surface area contributed by atoms with Crippen molar-refractivity contribution < 1.29 is 27.2 Å². The van der Waals surface area contributed by atoms with E-state index in [1.54, 1.807) is 0 Å². The molecule has 0 radical (unpaired) electrons. The molecule has 1 N–H and O–H groups in total. The zero-order valence-electron chi connectivity index (χ0n) is 9.64. The van der Waals surface area contributed by atoms with Crippen LogP contribution in [-0.4, -0.2) is 24.4 Å². The number of carbonyl (C=O) groups is 2. The zero-order chi connectivity index (χ0) is 14.3. The van der Waals surface area contributed by atoms with Crippen LogP contribution in [0.25, 0.3) is 0 Å². The Bertz CT molecular complexity index is 550. The minimum Gasteiger partial charge on any atom is -0.343 e. The Kier molecular flexibility index (Phi) is 3.17. The van der Waals surface area contributed by atoms with Gasteiger partial charge in [0.2, 0.25) is 11.8 Å². The standard InChI is InChI=1S/C11H8F4N2O2/c1-4-11(19)17(3-7(18)16-4)10-8(14)5(12)2-6(13)9(10)15/h2,4H,3H2,1H3,(H,16,18). The summed E-state index contributed by atoms with van der Waals surface area (Å²) in [7, 11) is 0. The van der Waals surface area contributed by atoms with E-state index in [0.717, 1.165) is 0 Å². The minimum atomic E-state index is -1.71. The molecule has 102 valence electrons. The van der Waals surface area contributed by atoms with E-state index < -0.39 is 53.4 Å². The maximum absolute atomic E-state index is 13.5. The van der Waals surface area contributed by atoms with Crippen molar-refractivity contribution in [2.75, 3.05) is 11.4 Å². The van der Waals surface area contributed by atoms with Gasteiger partial charge >= 0.3 is 0 Å². The van der Waals surface area contributed by atoms with E-state index >= 15 is 0 Å². The number of nitrogens with one attached hydrogen (secondary N) is 1. The molecule has 1 saturated heterocycles. The van der Waals surface area contributed by atoms with Gasteiger partial charge in [-0.25, -0.2) is 17.6 Å². The second-order valence-electron chi connectivity index (χ2n) is 4.03. The van der Waals surface area contributed by atoms with Crippen LogP contribution in [-0.2, 0) is 9.59 Å². The fourth-order valence-electron chi connectivity index (χ4n) is 1.79. The molecule has 1 aromatic carbocycles. The number of anilines is 1. The topological polar surface area (TPSA) is 49.4 Å². The summed E-state index contributed by atoms with van der Waals surface area (Å²) in [5.41, 5.74) is -1.19. The molecule has 1 aromatic rings. The molecule has 1 fully saturated rings. The first kappa shape index (κ1) is 13.3. The Morgan fingerprint density at radius 1 is 1.16 bits per heavy atom. The largest absolute Gasteiger partial charge is 0.343 e. The fraction of sp³-hybridized carbons (Fsp3) is 0.273. The highest BCUT2D eigenvalue weighted by Crippen LogP contribution is 2.29. The first-order chi connectivity index (χ1) is 8.82. The van der Waals surface area contributed by atoms with Gasteiger partial charge in [-0.15, -0.1) is 0 Å². The van der Waals surface area contributed by atoms with Crippen molar-refractivity contribution in [3.63, 3.8) is 0 Å². The Morgan fingerprint density at radius 3 is 2.21 bits per heavy atom. The molecule has 1 unspecified atom stereocenters. The lowest BCUT2D eigenvalue weighted by Gasteiger charge is -2.31. The van der Waals surface area contributed by atoms with Crippen molar-refractivity contribution in [1.82, 2.24) is 5.32 Å². The molecule has 1 atom stereocenters. The SMILES string of the molecule is CC1NC(=O)CN(c2c(F)c(F)cc(F)c2F)C1=O. The summed E-state index contributed by atoms with van der Waals surface area (Å²) in [5, 5.41) is 2.23. The number of hydrogen-bond donors (Lipinski definition) is 1. The molecule has 0 spiro atoms. The van der Waals surface area contributed by atoms with E-state index in [0.29, 0.717) is 4.90 Å². The van der Waals surface area contributed by atoms with Crippen LogP contribution in [0.3, 0.4) is 0 Å². The predicted octanol–water partition coefficient (Wildman–Crippen LogP) is 1.09. The molecule has 0 saturated carbocycles. The maximum atomic E-state index is 13.5. The third-order valence-electron chi connectivity index (χ3n) is 2.67. The van der Waals surface area contributed by atoms with Crippen LogP contribution in [0.5, 0.6) is 0 Å². The number of hydrogen-bond acceptors (Lipinski definition) is 2. The van der Waals surface area contributed by atoms with E-state index in [4.69, 9.17) is 0 Å². The Labute approximate surface area is 105 Å². The van der Waals surface area contributed by atoms with E-state index in [2.05, 4.69) is 5.32 Å². The maximum Gasteiger partial charge on any atom is 0.249 e. The second kappa shape index (κ2) is 4.52. The molecule has 2 rings (SSSR count). The highest BCUT2D eigenvalue weighted by atomic mass is 19.2. The van der Waals surface area contributed by atoms with Crippen LogP contribution in [0.2, 0.25) is 0 Å². The van der Waals surface area contributed by atoms with Crippen LogP contribution in [0, 0.1) is 23.3 Å². The third-order valence-corrected chi connectivity index (χ3v) is 2.67. The van der Waals surface area contributed by atoms with Gasteiger partial charge in [-0.2, -0.15) is 0 Å². The molecule has 1 aliphatic rings. The van der Waals surface area contributed by atoms with Gasteiger partial charge in [-0.05, 0) is 6.92 Å². The van der Waals surface area contributed by atoms with Crippen LogP contribution >= 0.6 is 0 Å². The summed E-state index contributed by atoms with van der Waals surface area (Å²) in [6.07, 6.45) is 0. The minimum absolute atomic E-state index is 0.0338. The molecule has 1 heterocycles. The van der Waals surface area contributed by atoms with E-state index in [-0.39, 0.29) is 6.07 Å². The number of halogens is 4. The van der Waals surface area contributed by atoms with Crippen molar-refractivity contribution in [2.24, 2.45) is 0 Å². The van der Waals surface area contributed by atoms with Crippen molar-refractivity contribution in [1.29, 1.82) is 0 Å².